The lowest BCUT2D eigenvalue weighted by atomic mass is 10.1. The van der Waals surface area contributed by atoms with Gasteiger partial charge in [-0.3, -0.25) is 9.59 Å². The van der Waals surface area contributed by atoms with Crippen molar-refractivity contribution in [1.82, 2.24) is 0 Å². The molecule has 3 nitrogen and oxygen atoms in total. The highest BCUT2D eigenvalue weighted by Gasteiger charge is 2.09. The summed E-state index contributed by atoms with van der Waals surface area (Å²) in [7, 11) is 0. The van der Waals surface area contributed by atoms with Crippen molar-refractivity contribution in [2.75, 3.05) is 6.61 Å². The Balaban J connectivity index is 2.83. The molecule has 0 aliphatic carbocycles. The topological polar surface area (TPSA) is 43.4 Å². The molecule has 0 radical (unpaired) electrons. The van der Waals surface area contributed by atoms with E-state index in [1.807, 2.05) is 0 Å². The van der Waals surface area contributed by atoms with E-state index in [2.05, 4.69) is 22.6 Å². The molecule has 0 aliphatic rings. The molecule has 1 aromatic carbocycles. The molecular weight excluding hydrogens is 319 g/mol. The third kappa shape index (κ3) is 3.59. The number of carbonyl (C=O) groups is 2. The molecule has 1 aromatic rings. The summed E-state index contributed by atoms with van der Waals surface area (Å²) < 4.78 is 5.78. The third-order valence-electron chi connectivity index (χ3n) is 2.10. The molecule has 4 heteroatoms. The van der Waals surface area contributed by atoms with E-state index in [-0.39, 0.29) is 18.2 Å². The zero-order valence-electron chi connectivity index (χ0n) is 9.25. The number of hydrogen-bond donors (Lipinski definition) is 0. The van der Waals surface area contributed by atoms with Gasteiger partial charge in [0.05, 0.1) is 13.0 Å². The van der Waals surface area contributed by atoms with E-state index in [0.717, 1.165) is 9.13 Å². The van der Waals surface area contributed by atoms with E-state index < -0.39 is 0 Å². The Labute approximate surface area is 108 Å². The molecule has 1 rings (SSSR count). The number of carbonyl (C=O) groups excluding carboxylic acids is 2. The Morgan fingerprint density at radius 3 is 2.56 bits per heavy atom. The average molecular weight is 332 g/mol. The minimum absolute atomic E-state index is 0.0283. The molecule has 0 N–H and O–H groups in total. The van der Waals surface area contributed by atoms with E-state index >= 15 is 0 Å². The summed E-state index contributed by atoms with van der Waals surface area (Å²) in [5.41, 5.74) is 1.56. The van der Waals surface area contributed by atoms with Gasteiger partial charge < -0.3 is 4.74 Å². The van der Waals surface area contributed by atoms with Crippen molar-refractivity contribution in [1.29, 1.82) is 0 Å². The minimum Gasteiger partial charge on any atom is -0.466 e. The molecule has 0 amide bonds. The fraction of sp³-hybridized carbons (Fsp3) is 0.333. The first-order valence-electron chi connectivity index (χ1n) is 4.99. The van der Waals surface area contributed by atoms with E-state index in [0.29, 0.717) is 12.2 Å². The van der Waals surface area contributed by atoms with Crippen LogP contribution in [0.2, 0.25) is 0 Å². The number of rotatable bonds is 4. The Hall–Kier alpha value is -0.910. The average Bonchev–Trinajstić information content (AvgIpc) is 2.21. The van der Waals surface area contributed by atoms with Gasteiger partial charge in [-0.15, -0.1) is 0 Å². The molecule has 0 heterocycles. The number of benzene rings is 1. The van der Waals surface area contributed by atoms with Gasteiger partial charge in [-0.2, -0.15) is 0 Å². The molecule has 86 valence electrons. The number of halogens is 1. The van der Waals surface area contributed by atoms with Gasteiger partial charge in [-0.1, -0.05) is 12.1 Å². The first kappa shape index (κ1) is 13.2. The summed E-state index contributed by atoms with van der Waals surface area (Å²) in [5, 5.41) is 0. The number of ether oxygens (including phenoxy) is 1. The maximum absolute atomic E-state index is 11.3. The summed E-state index contributed by atoms with van der Waals surface area (Å²) in [4.78, 5) is 22.4. The van der Waals surface area contributed by atoms with Gasteiger partial charge in [0.25, 0.3) is 0 Å². The zero-order chi connectivity index (χ0) is 12.1. The molecule has 0 aromatic heterocycles. The van der Waals surface area contributed by atoms with Crippen LogP contribution in [0, 0.1) is 3.57 Å². The molecule has 0 spiro atoms. The molecule has 0 bridgehead atoms. The van der Waals surface area contributed by atoms with Crippen molar-refractivity contribution in [3.8, 4) is 0 Å². The maximum atomic E-state index is 11.3. The first-order valence-corrected chi connectivity index (χ1v) is 6.07. The summed E-state index contributed by atoms with van der Waals surface area (Å²) >= 11 is 2.12. The summed E-state index contributed by atoms with van der Waals surface area (Å²) in [6, 6.07) is 5.33. The maximum Gasteiger partial charge on any atom is 0.310 e. The van der Waals surface area contributed by atoms with Crippen molar-refractivity contribution in [2.45, 2.75) is 20.3 Å². The van der Waals surface area contributed by atoms with Crippen LogP contribution < -0.4 is 0 Å². The van der Waals surface area contributed by atoms with Crippen LogP contribution in [0.4, 0.5) is 0 Å². The van der Waals surface area contributed by atoms with Crippen LogP contribution in [0.5, 0.6) is 0 Å². The van der Waals surface area contributed by atoms with Gasteiger partial charge in [-0.05, 0) is 48.1 Å². The number of ketones is 1. The number of Topliss-reactive ketones (excluding diaryl/α,β-unsaturated/α-hetero) is 1. The molecule has 0 aliphatic heterocycles. The SMILES string of the molecule is CCOC(=O)Cc1ccc(C(C)=O)cc1I. The second-order valence-electron chi connectivity index (χ2n) is 3.34. The van der Waals surface area contributed by atoms with Crippen LogP contribution >= 0.6 is 22.6 Å². The lowest BCUT2D eigenvalue weighted by Gasteiger charge is -2.05. The quantitative estimate of drug-likeness (QED) is 0.484. The lowest BCUT2D eigenvalue weighted by Crippen LogP contribution is -2.09. The van der Waals surface area contributed by atoms with Crippen LogP contribution in [0.1, 0.15) is 29.8 Å². The third-order valence-corrected chi connectivity index (χ3v) is 3.10. The van der Waals surface area contributed by atoms with Gasteiger partial charge in [-0.25, -0.2) is 0 Å². The molecule has 0 atom stereocenters. The summed E-state index contributed by atoms with van der Waals surface area (Å²) in [5.74, 6) is -0.211. The van der Waals surface area contributed by atoms with E-state index in [4.69, 9.17) is 4.74 Å². The lowest BCUT2D eigenvalue weighted by molar-refractivity contribution is -0.142. The van der Waals surface area contributed by atoms with Gasteiger partial charge in [0.2, 0.25) is 0 Å². The van der Waals surface area contributed by atoms with Crippen molar-refractivity contribution >= 4 is 34.3 Å². The molecule has 0 saturated heterocycles. The Morgan fingerprint density at radius 1 is 1.38 bits per heavy atom. The fourth-order valence-corrected chi connectivity index (χ4v) is 1.98. The summed E-state index contributed by atoms with van der Waals surface area (Å²) in [6.45, 7) is 3.69. The summed E-state index contributed by atoms with van der Waals surface area (Å²) in [6.07, 6.45) is 0.254. The van der Waals surface area contributed by atoms with Gasteiger partial charge in [0.15, 0.2) is 5.78 Å². The fourth-order valence-electron chi connectivity index (χ4n) is 1.28. The van der Waals surface area contributed by atoms with Gasteiger partial charge >= 0.3 is 5.97 Å². The first-order chi connectivity index (χ1) is 7.54. The van der Waals surface area contributed by atoms with Crippen molar-refractivity contribution in [2.24, 2.45) is 0 Å². The Kier molecular flexibility index (Phi) is 4.92. The number of hydrogen-bond acceptors (Lipinski definition) is 3. The van der Waals surface area contributed by atoms with E-state index in [9.17, 15) is 9.59 Å². The van der Waals surface area contributed by atoms with E-state index in [1.165, 1.54) is 6.92 Å². The molecule has 16 heavy (non-hydrogen) atoms. The highest BCUT2D eigenvalue weighted by Crippen LogP contribution is 2.16. The van der Waals surface area contributed by atoms with Gasteiger partial charge in [0.1, 0.15) is 0 Å². The minimum atomic E-state index is -0.240. The van der Waals surface area contributed by atoms with Crippen LogP contribution in [0.3, 0.4) is 0 Å². The predicted molar refractivity (Wildman–Crippen MR) is 69.5 cm³/mol. The normalized spacial score (nSPS) is 9.94. The molecular formula is C12H13IO3. The van der Waals surface area contributed by atoms with Crippen LogP contribution in [0.25, 0.3) is 0 Å². The van der Waals surface area contributed by atoms with Crippen molar-refractivity contribution < 1.29 is 14.3 Å². The monoisotopic (exact) mass is 332 g/mol. The standard InChI is InChI=1S/C12H13IO3/c1-3-16-12(15)7-10-5-4-9(8(2)14)6-11(10)13/h4-6H,3,7H2,1-2H3. The van der Waals surface area contributed by atoms with Crippen molar-refractivity contribution in [3.05, 3.63) is 32.9 Å². The highest BCUT2D eigenvalue weighted by atomic mass is 127. The molecule has 0 saturated carbocycles. The van der Waals surface area contributed by atoms with E-state index in [1.54, 1.807) is 25.1 Å². The van der Waals surface area contributed by atoms with Crippen molar-refractivity contribution in [3.63, 3.8) is 0 Å². The Morgan fingerprint density at radius 2 is 2.06 bits per heavy atom. The van der Waals surface area contributed by atoms with Crippen LogP contribution in [-0.4, -0.2) is 18.4 Å². The second kappa shape index (κ2) is 5.98. The zero-order valence-corrected chi connectivity index (χ0v) is 11.4. The van der Waals surface area contributed by atoms with Crippen LogP contribution in [-0.2, 0) is 16.0 Å². The molecule has 0 fully saturated rings. The Bertz CT molecular complexity index is 413. The van der Waals surface area contributed by atoms with Crippen LogP contribution in [0.15, 0.2) is 18.2 Å². The largest absolute Gasteiger partial charge is 0.466 e. The van der Waals surface area contributed by atoms with Gasteiger partial charge in [0, 0.05) is 9.13 Å². The number of esters is 1. The smallest absolute Gasteiger partial charge is 0.310 e. The highest BCUT2D eigenvalue weighted by molar-refractivity contribution is 14.1. The molecule has 0 unspecified atom stereocenters. The second-order valence-corrected chi connectivity index (χ2v) is 4.51. The predicted octanol–water partition coefficient (Wildman–Crippen LogP) is 2.60.